The van der Waals surface area contributed by atoms with Gasteiger partial charge >= 0.3 is 14.0 Å². The lowest BCUT2D eigenvalue weighted by Crippen LogP contribution is -2.05. The molecular weight excluding hydrogens is 239 g/mol. The van der Waals surface area contributed by atoms with Crippen LogP contribution in [0.2, 0.25) is 0 Å². The van der Waals surface area contributed by atoms with Gasteiger partial charge in [-0.3, -0.25) is 4.79 Å². The van der Waals surface area contributed by atoms with E-state index < -0.39 is 8.03 Å². The molecule has 0 aliphatic heterocycles. The highest BCUT2D eigenvalue weighted by atomic mass is 31.1. The summed E-state index contributed by atoms with van der Waals surface area (Å²) in [5, 5.41) is 0. The van der Waals surface area contributed by atoms with E-state index in [0.717, 1.165) is 5.56 Å². The van der Waals surface area contributed by atoms with Crippen LogP contribution >= 0.6 is 8.03 Å². The first kappa shape index (κ1) is 13.8. The van der Waals surface area contributed by atoms with Crippen molar-refractivity contribution in [1.29, 1.82) is 0 Å². The summed E-state index contributed by atoms with van der Waals surface area (Å²) in [7, 11) is -1.73. The van der Waals surface area contributed by atoms with Crippen LogP contribution in [0, 0.1) is 0 Å². The third-order valence-corrected chi connectivity index (χ3v) is 3.15. The molecular formula is C12H16O4P+. The van der Waals surface area contributed by atoms with Gasteiger partial charge in [-0.2, -0.15) is 0 Å². The van der Waals surface area contributed by atoms with Crippen molar-refractivity contribution in [2.45, 2.75) is 20.0 Å². The van der Waals surface area contributed by atoms with Crippen molar-refractivity contribution in [3.63, 3.8) is 0 Å². The van der Waals surface area contributed by atoms with Crippen molar-refractivity contribution in [2.24, 2.45) is 0 Å². The van der Waals surface area contributed by atoms with E-state index >= 15 is 0 Å². The average molecular weight is 255 g/mol. The average Bonchev–Trinajstić information content (AvgIpc) is 2.35. The summed E-state index contributed by atoms with van der Waals surface area (Å²) in [4.78, 5) is 11.3. The number of hydrogen-bond donors (Lipinski definition) is 0. The Kier molecular flexibility index (Phi) is 6.45. The normalized spacial score (nSPS) is 11.0. The third kappa shape index (κ3) is 6.15. The summed E-state index contributed by atoms with van der Waals surface area (Å²) >= 11 is 0. The lowest BCUT2D eigenvalue weighted by molar-refractivity contribution is -0.144. The second-order valence-electron chi connectivity index (χ2n) is 3.37. The van der Waals surface area contributed by atoms with Gasteiger partial charge in [-0.05, 0) is 17.1 Å². The Bertz CT molecular complexity index is 364. The van der Waals surface area contributed by atoms with Gasteiger partial charge in [0, 0.05) is 0 Å². The molecule has 0 heterocycles. The molecule has 1 atom stereocenters. The summed E-state index contributed by atoms with van der Waals surface area (Å²) in [6.07, 6.45) is 0.346. The van der Waals surface area contributed by atoms with Gasteiger partial charge in [-0.25, -0.2) is 0 Å². The van der Waals surface area contributed by atoms with E-state index in [2.05, 4.69) is 0 Å². The fraction of sp³-hybridized carbons (Fsp3) is 0.417. The van der Waals surface area contributed by atoms with Gasteiger partial charge < -0.3 is 4.74 Å². The molecule has 0 fully saturated rings. The van der Waals surface area contributed by atoms with Gasteiger partial charge in [0.2, 0.25) is 0 Å². The Hall–Kier alpha value is -1.25. The molecule has 0 radical (unpaired) electrons. The maximum atomic E-state index is 11.3. The Morgan fingerprint density at radius 3 is 2.65 bits per heavy atom. The van der Waals surface area contributed by atoms with Crippen molar-refractivity contribution in [3.8, 4) is 0 Å². The summed E-state index contributed by atoms with van der Waals surface area (Å²) < 4.78 is 21.0. The fourth-order valence-corrected chi connectivity index (χ4v) is 1.98. The van der Waals surface area contributed by atoms with Crippen LogP contribution < -0.4 is 0 Å². The van der Waals surface area contributed by atoms with Gasteiger partial charge in [0.05, 0.1) is 13.0 Å². The lowest BCUT2D eigenvalue weighted by Gasteiger charge is -2.02. The van der Waals surface area contributed by atoms with E-state index in [1.54, 1.807) is 6.92 Å². The number of ether oxygens (including phenoxy) is 1. The van der Waals surface area contributed by atoms with Gasteiger partial charge in [-0.15, -0.1) is 4.52 Å². The largest absolute Gasteiger partial charge is 0.508 e. The van der Waals surface area contributed by atoms with Crippen LogP contribution in [0.1, 0.15) is 18.9 Å². The molecule has 0 bridgehead atoms. The van der Waals surface area contributed by atoms with Crippen molar-refractivity contribution >= 4 is 14.0 Å². The minimum absolute atomic E-state index is 0.127. The van der Waals surface area contributed by atoms with Crippen LogP contribution in [0.25, 0.3) is 0 Å². The quantitative estimate of drug-likeness (QED) is 0.555. The lowest BCUT2D eigenvalue weighted by atomic mass is 10.2. The first-order chi connectivity index (χ1) is 8.22. The first-order valence-corrected chi connectivity index (χ1v) is 6.85. The maximum absolute atomic E-state index is 11.3. The predicted octanol–water partition coefficient (Wildman–Crippen LogP) is 2.90. The number of benzene rings is 1. The maximum Gasteiger partial charge on any atom is 0.508 e. The number of esters is 1. The zero-order valence-corrected chi connectivity index (χ0v) is 10.7. The Morgan fingerprint density at radius 1 is 1.29 bits per heavy atom. The van der Waals surface area contributed by atoms with Gasteiger partial charge in [0.1, 0.15) is 6.61 Å². The number of carbonyl (C=O) groups is 1. The molecule has 92 valence electrons. The molecule has 0 spiro atoms. The van der Waals surface area contributed by atoms with Crippen LogP contribution in [-0.4, -0.2) is 18.7 Å². The van der Waals surface area contributed by atoms with E-state index in [-0.39, 0.29) is 25.2 Å². The van der Waals surface area contributed by atoms with Crippen molar-refractivity contribution in [3.05, 3.63) is 35.9 Å². The standard InChI is InChI=1S/C12H16O4P/c1-2-16-17(14)9-8-12(13)15-10-11-6-4-3-5-7-11/h3-7H,2,8-10H2,1H3/q+1. The number of carbonyl (C=O) groups excluding carboxylic acids is 1. The van der Waals surface area contributed by atoms with Crippen LogP contribution in [0.5, 0.6) is 0 Å². The van der Waals surface area contributed by atoms with E-state index in [4.69, 9.17) is 9.26 Å². The monoisotopic (exact) mass is 255 g/mol. The summed E-state index contributed by atoms with van der Waals surface area (Å²) in [6, 6.07) is 9.43. The zero-order valence-electron chi connectivity index (χ0n) is 9.80. The van der Waals surface area contributed by atoms with Crippen molar-refractivity contribution < 1.29 is 18.6 Å². The van der Waals surface area contributed by atoms with E-state index in [9.17, 15) is 9.36 Å². The molecule has 0 aliphatic carbocycles. The van der Waals surface area contributed by atoms with Crippen LogP contribution in [0.4, 0.5) is 0 Å². The molecule has 1 rings (SSSR count). The van der Waals surface area contributed by atoms with Crippen molar-refractivity contribution in [2.75, 3.05) is 12.8 Å². The molecule has 0 aliphatic rings. The van der Waals surface area contributed by atoms with Gasteiger partial charge in [0.25, 0.3) is 0 Å². The summed E-state index contributed by atoms with van der Waals surface area (Å²) in [5.41, 5.74) is 0.940. The minimum atomic E-state index is -1.73. The van der Waals surface area contributed by atoms with Crippen LogP contribution in [-0.2, 0) is 25.2 Å². The molecule has 0 amide bonds. The Labute approximate surface area is 102 Å². The highest BCUT2D eigenvalue weighted by Gasteiger charge is 2.19. The second kappa shape index (κ2) is 7.93. The topological polar surface area (TPSA) is 52.6 Å². The first-order valence-electron chi connectivity index (χ1n) is 5.49. The second-order valence-corrected chi connectivity index (χ2v) is 4.74. The van der Waals surface area contributed by atoms with Crippen LogP contribution in [0.15, 0.2) is 30.3 Å². The minimum Gasteiger partial charge on any atom is -0.461 e. The summed E-state index contributed by atoms with van der Waals surface area (Å²) in [5.74, 6) is -0.350. The highest BCUT2D eigenvalue weighted by Crippen LogP contribution is 2.22. The fourth-order valence-electron chi connectivity index (χ4n) is 1.20. The zero-order chi connectivity index (χ0) is 12.5. The van der Waals surface area contributed by atoms with Crippen molar-refractivity contribution in [1.82, 2.24) is 0 Å². The number of hydrogen-bond acceptors (Lipinski definition) is 4. The smallest absolute Gasteiger partial charge is 0.461 e. The van der Waals surface area contributed by atoms with Gasteiger partial charge in [0.15, 0.2) is 6.16 Å². The van der Waals surface area contributed by atoms with E-state index in [0.29, 0.717) is 6.61 Å². The molecule has 0 saturated heterocycles. The molecule has 0 N–H and O–H groups in total. The highest BCUT2D eigenvalue weighted by molar-refractivity contribution is 7.39. The molecule has 17 heavy (non-hydrogen) atoms. The summed E-state index contributed by atoms with van der Waals surface area (Å²) in [6.45, 7) is 2.42. The van der Waals surface area contributed by atoms with Crippen LogP contribution in [0.3, 0.4) is 0 Å². The Balaban J connectivity index is 2.20. The molecule has 5 heteroatoms. The molecule has 0 saturated carbocycles. The van der Waals surface area contributed by atoms with E-state index in [1.165, 1.54) is 0 Å². The number of rotatable bonds is 7. The Morgan fingerprint density at radius 2 is 2.00 bits per heavy atom. The molecule has 1 aromatic carbocycles. The third-order valence-electron chi connectivity index (χ3n) is 2.01. The molecule has 0 aromatic heterocycles. The molecule has 1 aromatic rings. The predicted molar refractivity (Wildman–Crippen MR) is 65.0 cm³/mol. The van der Waals surface area contributed by atoms with Gasteiger partial charge in [-0.1, -0.05) is 30.3 Å². The SMILES string of the molecule is CCO[P+](=O)CCC(=O)OCc1ccccc1. The van der Waals surface area contributed by atoms with E-state index in [1.807, 2.05) is 30.3 Å². The molecule has 1 unspecified atom stereocenters. The molecule has 4 nitrogen and oxygen atoms in total.